The Hall–Kier alpha value is -3.27. The van der Waals surface area contributed by atoms with E-state index in [1.54, 1.807) is 30.7 Å². The number of thiazole rings is 1. The molecular weight excluding hydrogens is 407 g/mol. The molecule has 6 nitrogen and oxygen atoms in total. The van der Waals surface area contributed by atoms with Crippen LogP contribution in [0.4, 0.5) is 29.7 Å². The molecule has 0 spiro atoms. The third kappa shape index (κ3) is 5.61. The molecule has 0 unspecified atom stereocenters. The number of aromatic nitrogens is 1. The Labute approximate surface area is 168 Å². The second-order valence-corrected chi connectivity index (χ2v) is 6.73. The van der Waals surface area contributed by atoms with Crippen LogP contribution in [0.1, 0.15) is 16.1 Å². The number of carbonyl (C=O) groups excluding carboxylic acids is 1. The van der Waals surface area contributed by atoms with Gasteiger partial charge in [-0.25, -0.2) is 4.98 Å². The number of nitrogens with one attached hydrogen (secondary N) is 2. The predicted molar refractivity (Wildman–Crippen MR) is 104 cm³/mol. The molecule has 1 amide bonds. The molecule has 29 heavy (non-hydrogen) atoms. The number of hydrogen-bond donors (Lipinski definition) is 2. The van der Waals surface area contributed by atoms with Crippen LogP contribution in [0, 0.1) is 6.92 Å². The van der Waals surface area contributed by atoms with Crippen molar-refractivity contribution in [3.63, 3.8) is 0 Å². The van der Waals surface area contributed by atoms with Crippen LogP contribution < -0.4 is 20.1 Å². The van der Waals surface area contributed by atoms with Crippen LogP contribution in [0.5, 0.6) is 11.5 Å². The monoisotopic (exact) mass is 423 g/mol. The number of methoxy groups -OCH3 is 1. The lowest BCUT2D eigenvalue weighted by atomic mass is 10.2. The molecule has 152 valence electrons. The molecule has 0 aliphatic carbocycles. The number of nitrogens with zero attached hydrogens (tertiary/aromatic N) is 1. The summed E-state index contributed by atoms with van der Waals surface area (Å²) in [6.45, 7) is 1.87. The van der Waals surface area contributed by atoms with Gasteiger partial charge in [-0.2, -0.15) is 0 Å². The number of alkyl halides is 3. The molecule has 0 aliphatic heterocycles. The molecule has 0 saturated heterocycles. The van der Waals surface area contributed by atoms with E-state index in [4.69, 9.17) is 4.74 Å². The zero-order chi connectivity index (χ0) is 21.0. The normalized spacial score (nSPS) is 11.1. The number of rotatable bonds is 6. The van der Waals surface area contributed by atoms with Crippen molar-refractivity contribution in [2.24, 2.45) is 0 Å². The molecule has 0 radical (unpaired) electrons. The lowest BCUT2D eigenvalue weighted by molar-refractivity contribution is -0.274. The summed E-state index contributed by atoms with van der Waals surface area (Å²) >= 11 is 1.19. The van der Waals surface area contributed by atoms with Gasteiger partial charge in [0.1, 0.15) is 17.2 Å². The molecule has 0 bridgehead atoms. The van der Waals surface area contributed by atoms with Crippen LogP contribution >= 0.6 is 11.3 Å². The van der Waals surface area contributed by atoms with Gasteiger partial charge in [-0.1, -0.05) is 0 Å². The molecule has 0 atom stereocenters. The van der Waals surface area contributed by atoms with Crippen LogP contribution in [0.2, 0.25) is 0 Å². The summed E-state index contributed by atoms with van der Waals surface area (Å²) in [4.78, 5) is 16.6. The Morgan fingerprint density at radius 2 is 1.79 bits per heavy atom. The van der Waals surface area contributed by atoms with Gasteiger partial charge < -0.3 is 20.1 Å². The number of carbonyl (C=O) groups is 1. The van der Waals surface area contributed by atoms with E-state index < -0.39 is 6.36 Å². The van der Waals surface area contributed by atoms with E-state index in [-0.39, 0.29) is 17.4 Å². The standard InChI is InChI=1S/C19H16F3N3O3S/c1-11-9-13(5-8-16(11)27-2)23-17(26)15-10-29-18(25-15)24-12-3-6-14(7-4-12)28-19(20,21)22/h3-10H,1-2H3,(H,23,26)(H,24,25). The lowest BCUT2D eigenvalue weighted by Crippen LogP contribution is -2.16. The summed E-state index contributed by atoms with van der Waals surface area (Å²) < 4.78 is 45.6. The van der Waals surface area contributed by atoms with Crippen molar-refractivity contribution < 1.29 is 27.4 Å². The fraction of sp³-hybridized carbons (Fsp3) is 0.158. The predicted octanol–water partition coefficient (Wildman–Crippen LogP) is 5.35. The Morgan fingerprint density at radius 3 is 2.41 bits per heavy atom. The van der Waals surface area contributed by atoms with Crippen molar-refractivity contribution in [2.45, 2.75) is 13.3 Å². The molecule has 2 N–H and O–H groups in total. The molecular formula is C19H16F3N3O3S. The van der Waals surface area contributed by atoms with Crippen LogP contribution in [0.15, 0.2) is 47.8 Å². The van der Waals surface area contributed by atoms with Gasteiger partial charge in [0.2, 0.25) is 0 Å². The van der Waals surface area contributed by atoms with Gasteiger partial charge in [0.25, 0.3) is 5.91 Å². The summed E-state index contributed by atoms with van der Waals surface area (Å²) in [6, 6.07) is 10.5. The fourth-order valence-corrected chi connectivity index (χ4v) is 3.16. The molecule has 1 aromatic heterocycles. The average molecular weight is 423 g/mol. The summed E-state index contributed by atoms with van der Waals surface area (Å²) in [7, 11) is 1.57. The van der Waals surface area contributed by atoms with Crippen LogP contribution in [-0.4, -0.2) is 24.4 Å². The van der Waals surface area contributed by atoms with E-state index in [0.717, 1.165) is 11.3 Å². The Balaban J connectivity index is 1.63. The Bertz CT molecular complexity index is 1000. The minimum Gasteiger partial charge on any atom is -0.496 e. The summed E-state index contributed by atoms with van der Waals surface area (Å²) in [6.07, 6.45) is -4.74. The number of hydrogen-bond acceptors (Lipinski definition) is 6. The molecule has 3 rings (SSSR count). The number of anilines is 3. The van der Waals surface area contributed by atoms with Crippen molar-refractivity contribution >= 4 is 33.8 Å². The van der Waals surface area contributed by atoms with Crippen molar-refractivity contribution in [1.29, 1.82) is 0 Å². The molecule has 0 saturated carbocycles. The highest BCUT2D eigenvalue weighted by molar-refractivity contribution is 7.14. The third-order valence-corrected chi connectivity index (χ3v) is 4.49. The highest BCUT2D eigenvalue weighted by atomic mass is 32.1. The molecule has 10 heteroatoms. The van der Waals surface area contributed by atoms with Crippen molar-refractivity contribution in [3.05, 3.63) is 59.1 Å². The first-order valence-electron chi connectivity index (χ1n) is 8.28. The quantitative estimate of drug-likeness (QED) is 0.559. The molecule has 2 aromatic carbocycles. The summed E-state index contributed by atoms with van der Waals surface area (Å²) in [5, 5.41) is 7.69. The SMILES string of the molecule is COc1ccc(NC(=O)c2csc(Nc3ccc(OC(F)(F)F)cc3)n2)cc1C. The van der Waals surface area contributed by atoms with Gasteiger partial charge in [0.15, 0.2) is 5.13 Å². The van der Waals surface area contributed by atoms with Gasteiger partial charge in [-0.3, -0.25) is 4.79 Å². The van der Waals surface area contributed by atoms with Crippen molar-refractivity contribution in [3.8, 4) is 11.5 Å². The zero-order valence-electron chi connectivity index (χ0n) is 15.3. The van der Waals surface area contributed by atoms with E-state index in [9.17, 15) is 18.0 Å². The van der Waals surface area contributed by atoms with Crippen LogP contribution in [0.25, 0.3) is 0 Å². The first kappa shape index (κ1) is 20.5. The maximum atomic E-state index is 12.4. The number of benzene rings is 2. The van der Waals surface area contributed by atoms with Crippen LogP contribution in [-0.2, 0) is 0 Å². The number of amides is 1. The van der Waals surface area contributed by atoms with Crippen molar-refractivity contribution in [2.75, 3.05) is 17.7 Å². The van der Waals surface area contributed by atoms with E-state index in [1.807, 2.05) is 6.92 Å². The number of aryl methyl sites for hydroxylation is 1. The Kier molecular flexibility index (Phi) is 5.92. The Morgan fingerprint density at radius 1 is 1.10 bits per heavy atom. The third-order valence-electron chi connectivity index (χ3n) is 3.73. The topological polar surface area (TPSA) is 72.5 Å². The minimum atomic E-state index is -4.74. The van der Waals surface area contributed by atoms with Crippen molar-refractivity contribution in [1.82, 2.24) is 4.98 Å². The average Bonchev–Trinajstić information content (AvgIpc) is 3.11. The lowest BCUT2D eigenvalue weighted by Gasteiger charge is -2.09. The van der Waals surface area contributed by atoms with Crippen LogP contribution in [0.3, 0.4) is 0 Å². The highest BCUT2D eigenvalue weighted by Crippen LogP contribution is 2.27. The van der Waals surface area contributed by atoms with Gasteiger partial charge in [0.05, 0.1) is 7.11 Å². The first-order chi connectivity index (χ1) is 13.7. The number of halogens is 3. The summed E-state index contributed by atoms with van der Waals surface area (Å²) in [5.41, 5.74) is 2.20. The first-order valence-corrected chi connectivity index (χ1v) is 9.16. The van der Waals surface area contributed by atoms with Gasteiger partial charge >= 0.3 is 6.36 Å². The smallest absolute Gasteiger partial charge is 0.496 e. The minimum absolute atomic E-state index is 0.211. The zero-order valence-corrected chi connectivity index (χ0v) is 16.1. The van der Waals surface area contributed by atoms with E-state index in [0.29, 0.717) is 16.5 Å². The number of ether oxygens (including phenoxy) is 2. The van der Waals surface area contributed by atoms with E-state index in [2.05, 4.69) is 20.4 Å². The second-order valence-electron chi connectivity index (χ2n) is 5.87. The van der Waals surface area contributed by atoms with Gasteiger partial charge in [-0.05, 0) is 55.0 Å². The molecule has 3 aromatic rings. The van der Waals surface area contributed by atoms with Gasteiger partial charge in [0, 0.05) is 16.8 Å². The fourth-order valence-electron chi connectivity index (χ4n) is 2.45. The molecule has 1 heterocycles. The maximum absolute atomic E-state index is 12.4. The maximum Gasteiger partial charge on any atom is 0.573 e. The van der Waals surface area contributed by atoms with E-state index in [1.165, 1.54) is 35.6 Å². The largest absolute Gasteiger partial charge is 0.573 e. The molecule has 0 fully saturated rings. The second kappa shape index (κ2) is 8.39. The summed E-state index contributed by atoms with van der Waals surface area (Å²) in [5.74, 6) is 0.0135. The molecule has 0 aliphatic rings. The van der Waals surface area contributed by atoms with E-state index >= 15 is 0 Å². The highest BCUT2D eigenvalue weighted by Gasteiger charge is 2.30. The van der Waals surface area contributed by atoms with Gasteiger partial charge in [-0.15, -0.1) is 24.5 Å².